The number of alkyl halides is 1. The Kier molecular flexibility index (Phi) is 4.38. The maximum Gasteiger partial charge on any atom is 0.352 e. The second-order valence-electron chi connectivity index (χ2n) is 5.21. The van der Waals surface area contributed by atoms with E-state index in [0.29, 0.717) is 16.6 Å². The Balaban J connectivity index is 2.35. The molecule has 0 amide bonds. The highest BCUT2D eigenvalue weighted by Gasteiger charge is 2.24. The van der Waals surface area contributed by atoms with Crippen molar-refractivity contribution in [3.63, 3.8) is 0 Å². The fraction of sp³-hybridized carbons (Fsp3) is 0.188. The van der Waals surface area contributed by atoms with E-state index < -0.39 is 29.3 Å². The van der Waals surface area contributed by atoms with Crippen LogP contribution < -0.4 is 10.4 Å². The standard InChI is InChI=1S/C16H10F4N4O2/c1-3-4-26-15-21-14-11(8-5-9(18)12(20)10(19)6-8)13(7(2)17)23-24(14)16(25)22-15/h1,5-7H,4H2,2H3,(H,21,22,25). The molecule has 0 bridgehead atoms. The Morgan fingerprint density at radius 3 is 2.58 bits per heavy atom. The number of aromatic nitrogens is 4. The number of hydrogen-bond acceptors (Lipinski definition) is 4. The van der Waals surface area contributed by atoms with Gasteiger partial charge in [0.25, 0.3) is 0 Å². The summed E-state index contributed by atoms with van der Waals surface area (Å²) < 4.78 is 60.2. The van der Waals surface area contributed by atoms with E-state index in [-0.39, 0.29) is 35.1 Å². The average molecular weight is 366 g/mol. The van der Waals surface area contributed by atoms with Crippen molar-refractivity contribution in [1.82, 2.24) is 19.6 Å². The van der Waals surface area contributed by atoms with Crippen molar-refractivity contribution >= 4 is 5.65 Å². The minimum absolute atomic E-state index is 0.172. The molecule has 0 aliphatic rings. The summed E-state index contributed by atoms with van der Waals surface area (Å²) in [4.78, 5) is 18.3. The predicted octanol–water partition coefficient (Wildman–Crippen LogP) is 2.54. The Hall–Kier alpha value is -3.35. The summed E-state index contributed by atoms with van der Waals surface area (Å²) in [5.74, 6) is -2.47. The van der Waals surface area contributed by atoms with Crippen LogP contribution >= 0.6 is 0 Å². The molecule has 0 saturated heterocycles. The average Bonchev–Trinajstić information content (AvgIpc) is 2.97. The molecule has 1 aromatic carbocycles. The van der Waals surface area contributed by atoms with E-state index in [2.05, 4.69) is 21.0 Å². The lowest BCUT2D eigenvalue weighted by atomic mass is 10.0. The number of fused-ring (bicyclic) bond motifs is 1. The van der Waals surface area contributed by atoms with Crippen LogP contribution in [0.25, 0.3) is 16.8 Å². The van der Waals surface area contributed by atoms with Crippen LogP contribution in [0.1, 0.15) is 18.8 Å². The quantitative estimate of drug-likeness (QED) is 0.438. The van der Waals surface area contributed by atoms with Crippen LogP contribution in [0.15, 0.2) is 16.9 Å². The lowest BCUT2D eigenvalue weighted by Crippen LogP contribution is -2.20. The molecule has 26 heavy (non-hydrogen) atoms. The molecule has 0 spiro atoms. The van der Waals surface area contributed by atoms with Crippen molar-refractivity contribution in [3.8, 4) is 29.5 Å². The zero-order valence-corrected chi connectivity index (χ0v) is 13.2. The SMILES string of the molecule is C#CCOc1nc2c(-c3cc(F)c(F)c(F)c3)c(C(C)F)nn2c(=O)[nH]1. The Morgan fingerprint density at radius 2 is 2.00 bits per heavy atom. The highest BCUT2D eigenvalue weighted by atomic mass is 19.2. The number of hydrogen-bond donors (Lipinski definition) is 1. The van der Waals surface area contributed by atoms with Crippen LogP contribution in [0, 0.1) is 29.8 Å². The third kappa shape index (κ3) is 2.88. The number of ether oxygens (including phenoxy) is 1. The van der Waals surface area contributed by atoms with Gasteiger partial charge in [-0.15, -0.1) is 6.42 Å². The first-order valence-corrected chi connectivity index (χ1v) is 7.21. The summed E-state index contributed by atoms with van der Waals surface area (Å²) in [6.07, 6.45) is 3.35. The van der Waals surface area contributed by atoms with E-state index in [1.54, 1.807) is 0 Å². The topological polar surface area (TPSA) is 72.3 Å². The molecule has 6 nitrogen and oxygen atoms in total. The number of nitrogens with one attached hydrogen (secondary N) is 1. The molecule has 0 saturated carbocycles. The van der Waals surface area contributed by atoms with Crippen LogP contribution in [0.2, 0.25) is 0 Å². The molecule has 10 heteroatoms. The number of terminal acetylenes is 1. The molecule has 3 rings (SSSR count). The third-order valence-electron chi connectivity index (χ3n) is 3.44. The molecular formula is C16H10F4N4O2. The minimum atomic E-state index is -1.71. The molecule has 1 N–H and O–H groups in total. The van der Waals surface area contributed by atoms with Gasteiger partial charge >= 0.3 is 11.7 Å². The first-order chi connectivity index (χ1) is 12.3. The predicted molar refractivity (Wildman–Crippen MR) is 82.8 cm³/mol. The van der Waals surface area contributed by atoms with E-state index in [4.69, 9.17) is 11.2 Å². The molecule has 1 atom stereocenters. The summed E-state index contributed by atoms with van der Waals surface area (Å²) in [6, 6.07) is 1.03. The van der Waals surface area contributed by atoms with Gasteiger partial charge in [-0.1, -0.05) is 5.92 Å². The molecule has 2 aromatic heterocycles. The third-order valence-corrected chi connectivity index (χ3v) is 3.44. The normalized spacial score (nSPS) is 12.2. The lowest BCUT2D eigenvalue weighted by Gasteiger charge is -2.06. The number of halogens is 4. The molecule has 134 valence electrons. The van der Waals surface area contributed by atoms with E-state index in [1.807, 2.05) is 0 Å². The van der Waals surface area contributed by atoms with Gasteiger partial charge in [0.05, 0.1) is 5.56 Å². The lowest BCUT2D eigenvalue weighted by molar-refractivity contribution is 0.337. The van der Waals surface area contributed by atoms with Crippen LogP contribution in [0.5, 0.6) is 6.01 Å². The summed E-state index contributed by atoms with van der Waals surface area (Å²) >= 11 is 0. The van der Waals surface area contributed by atoms with E-state index >= 15 is 0 Å². The highest BCUT2D eigenvalue weighted by Crippen LogP contribution is 2.33. The number of benzene rings is 1. The number of nitrogens with zero attached hydrogens (tertiary/aromatic N) is 3. The van der Waals surface area contributed by atoms with Crippen molar-refractivity contribution in [2.45, 2.75) is 13.1 Å². The van der Waals surface area contributed by atoms with Crippen molar-refractivity contribution in [1.29, 1.82) is 0 Å². The number of rotatable bonds is 4. The Bertz CT molecular complexity index is 1080. The molecular weight excluding hydrogens is 356 g/mol. The minimum Gasteiger partial charge on any atom is -0.451 e. The molecule has 0 aliphatic carbocycles. The maximum atomic E-state index is 14.0. The molecule has 0 radical (unpaired) electrons. The van der Waals surface area contributed by atoms with Gasteiger partial charge in [-0.25, -0.2) is 22.4 Å². The fourth-order valence-electron chi connectivity index (χ4n) is 2.37. The van der Waals surface area contributed by atoms with Gasteiger partial charge in [-0.3, -0.25) is 4.98 Å². The van der Waals surface area contributed by atoms with Crippen molar-refractivity contribution in [2.75, 3.05) is 6.61 Å². The monoisotopic (exact) mass is 366 g/mol. The van der Waals surface area contributed by atoms with Crippen molar-refractivity contribution in [3.05, 3.63) is 45.8 Å². The Labute approximate surface area is 143 Å². The summed E-state index contributed by atoms with van der Waals surface area (Å²) in [7, 11) is 0. The molecule has 0 aliphatic heterocycles. The van der Waals surface area contributed by atoms with E-state index in [9.17, 15) is 22.4 Å². The van der Waals surface area contributed by atoms with Crippen molar-refractivity contribution < 1.29 is 22.3 Å². The smallest absolute Gasteiger partial charge is 0.352 e. The highest BCUT2D eigenvalue weighted by molar-refractivity contribution is 5.80. The van der Waals surface area contributed by atoms with Gasteiger partial charge in [0.2, 0.25) is 0 Å². The van der Waals surface area contributed by atoms with Gasteiger partial charge in [-0.05, 0) is 24.6 Å². The van der Waals surface area contributed by atoms with Gasteiger partial charge < -0.3 is 4.74 Å². The summed E-state index contributed by atoms with van der Waals surface area (Å²) in [5.41, 5.74) is -1.78. The fourth-order valence-corrected chi connectivity index (χ4v) is 2.37. The van der Waals surface area contributed by atoms with Crippen LogP contribution in [0.3, 0.4) is 0 Å². The second kappa shape index (κ2) is 6.51. The van der Waals surface area contributed by atoms with Crippen LogP contribution in [-0.4, -0.2) is 26.2 Å². The largest absolute Gasteiger partial charge is 0.451 e. The summed E-state index contributed by atoms with van der Waals surface area (Å²) in [5, 5.41) is 3.79. The van der Waals surface area contributed by atoms with Crippen molar-refractivity contribution in [2.24, 2.45) is 0 Å². The van der Waals surface area contributed by atoms with Crippen LogP contribution in [0.4, 0.5) is 17.6 Å². The van der Waals surface area contributed by atoms with Gasteiger partial charge in [0.15, 0.2) is 29.7 Å². The van der Waals surface area contributed by atoms with Gasteiger partial charge in [-0.2, -0.15) is 14.6 Å². The first-order valence-electron chi connectivity index (χ1n) is 7.21. The number of aromatic amines is 1. The van der Waals surface area contributed by atoms with Crippen LogP contribution in [-0.2, 0) is 0 Å². The molecule has 3 aromatic rings. The summed E-state index contributed by atoms with van der Waals surface area (Å²) in [6.45, 7) is 0.903. The van der Waals surface area contributed by atoms with Gasteiger partial charge in [0, 0.05) is 0 Å². The Morgan fingerprint density at radius 1 is 1.35 bits per heavy atom. The number of H-pyrrole nitrogens is 1. The zero-order valence-electron chi connectivity index (χ0n) is 13.2. The molecule has 1 unspecified atom stereocenters. The first kappa shape index (κ1) is 17.5. The van der Waals surface area contributed by atoms with E-state index in [1.165, 1.54) is 0 Å². The second-order valence-corrected chi connectivity index (χ2v) is 5.21. The molecule has 2 heterocycles. The van der Waals surface area contributed by atoms with E-state index in [0.717, 1.165) is 6.92 Å². The maximum absolute atomic E-state index is 14.0. The zero-order chi connectivity index (χ0) is 19.0. The van der Waals surface area contributed by atoms with Gasteiger partial charge in [0.1, 0.15) is 11.9 Å². The molecule has 0 fully saturated rings.